The molecule has 2 aliphatic rings. The van der Waals surface area contributed by atoms with Gasteiger partial charge >= 0.3 is 0 Å². The molecule has 2 heterocycles. The maximum atomic E-state index is 5.50. The number of anilines is 2. The van der Waals surface area contributed by atoms with Crippen LogP contribution >= 0.6 is 0 Å². The van der Waals surface area contributed by atoms with Crippen molar-refractivity contribution in [3.05, 3.63) is 78.7 Å². The maximum Gasteiger partial charge on any atom is 0.150 e. The van der Waals surface area contributed by atoms with Crippen LogP contribution < -0.4 is 15.0 Å². The predicted molar refractivity (Wildman–Crippen MR) is 111 cm³/mol. The molecule has 1 N–H and O–H groups in total. The van der Waals surface area contributed by atoms with Crippen molar-refractivity contribution in [3.63, 3.8) is 0 Å². The van der Waals surface area contributed by atoms with Crippen LogP contribution in [0.25, 0.3) is 10.8 Å². The number of fused-ring (bicyclic) bond motifs is 2. The SMILES string of the molecule is C1=COc2ccc(CN3CCN(c4ccc5ccccc5c4)CC3)cc2N1. The summed E-state index contributed by atoms with van der Waals surface area (Å²) in [6.07, 6.45) is 3.50. The Hall–Kier alpha value is -2.98. The summed E-state index contributed by atoms with van der Waals surface area (Å²) >= 11 is 0. The van der Waals surface area contributed by atoms with Gasteiger partial charge < -0.3 is 15.0 Å². The zero-order valence-corrected chi connectivity index (χ0v) is 15.3. The molecule has 3 aromatic carbocycles. The molecule has 27 heavy (non-hydrogen) atoms. The van der Waals surface area contributed by atoms with E-state index in [0.717, 1.165) is 44.2 Å². The second-order valence-corrected chi connectivity index (χ2v) is 7.19. The number of nitrogens with zero attached hydrogens (tertiary/aromatic N) is 2. The maximum absolute atomic E-state index is 5.50. The number of piperazine rings is 1. The summed E-state index contributed by atoms with van der Waals surface area (Å²) in [5, 5.41) is 5.87. The number of hydrogen-bond donors (Lipinski definition) is 1. The molecule has 0 bridgehead atoms. The largest absolute Gasteiger partial charge is 0.461 e. The number of ether oxygens (including phenoxy) is 1. The Morgan fingerprint density at radius 3 is 2.59 bits per heavy atom. The van der Waals surface area contributed by atoms with Gasteiger partial charge in [0.15, 0.2) is 0 Å². The van der Waals surface area contributed by atoms with E-state index in [2.05, 4.69) is 69.7 Å². The van der Waals surface area contributed by atoms with Gasteiger partial charge in [0.1, 0.15) is 12.0 Å². The van der Waals surface area contributed by atoms with Gasteiger partial charge in [0.05, 0.1) is 5.69 Å². The smallest absolute Gasteiger partial charge is 0.150 e. The van der Waals surface area contributed by atoms with Crippen molar-refractivity contribution < 1.29 is 4.74 Å². The quantitative estimate of drug-likeness (QED) is 0.750. The van der Waals surface area contributed by atoms with Crippen molar-refractivity contribution in [3.8, 4) is 5.75 Å². The highest BCUT2D eigenvalue weighted by molar-refractivity contribution is 5.85. The standard InChI is InChI=1S/C23H23N3O/c1-2-4-20-16-21(7-6-19(20)3-1)26-12-10-25(11-13-26)17-18-5-8-23-22(15-18)24-9-14-27-23/h1-9,14-16,24H,10-13,17H2. The molecule has 0 amide bonds. The lowest BCUT2D eigenvalue weighted by Crippen LogP contribution is -2.45. The molecule has 4 nitrogen and oxygen atoms in total. The molecule has 0 atom stereocenters. The average Bonchev–Trinajstić information content (AvgIpc) is 2.74. The van der Waals surface area contributed by atoms with Crippen LogP contribution in [0, 0.1) is 0 Å². The molecule has 1 fully saturated rings. The molecule has 0 aromatic heterocycles. The molecule has 136 valence electrons. The van der Waals surface area contributed by atoms with Gasteiger partial charge in [-0.05, 0) is 40.6 Å². The topological polar surface area (TPSA) is 27.7 Å². The van der Waals surface area contributed by atoms with E-state index in [1.54, 1.807) is 6.26 Å². The molecule has 0 spiro atoms. The van der Waals surface area contributed by atoms with Gasteiger partial charge in [-0.25, -0.2) is 0 Å². The van der Waals surface area contributed by atoms with Crippen molar-refractivity contribution in [2.75, 3.05) is 36.4 Å². The number of rotatable bonds is 3. The van der Waals surface area contributed by atoms with E-state index in [0.29, 0.717) is 0 Å². The molecule has 0 saturated carbocycles. The van der Waals surface area contributed by atoms with Crippen LogP contribution in [0.1, 0.15) is 5.56 Å². The summed E-state index contributed by atoms with van der Waals surface area (Å²) in [7, 11) is 0. The Balaban J connectivity index is 1.23. The minimum atomic E-state index is 0.891. The monoisotopic (exact) mass is 357 g/mol. The lowest BCUT2D eigenvalue weighted by molar-refractivity contribution is 0.250. The highest BCUT2D eigenvalue weighted by Crippen LogP contribution is 2.29. The van der Waals surface area contributed by atoms with Crippen LogP contribution in [0.5, 0.6) is 5.75 Å². The third kappa shape index (κ3) is 3.36. The van der Waals surface area contributed by atoms with Crippen molar-refractivity contribution in [1.29, 1.82) is 0 Å². The van der Waals surface area contributed by atoms with E-state index in [4.69, 9.17) is 4.74 Å². The number of nitrogens with one attached hydrogen (secondary N) is 1. The van der Waals surface area contributed by atoms with Gasteiger partial charge in [-0.15, -0.1) is 0 Å². The summed E-state index contributed by atoms with van der Waals surface area (Å²) in [4.78, 5) is 5.02. The number of hydrogen-bond acceptors (Lipinski definition) is 4. The van der Waals surface area contributed by atoms with E-state index in [1.165, 1.54) is 22.0 Å². The molecule has 1 saturated heterocycles. The first kappa shape index (κ1) is 16.2. The van der Waals surface area contributed by atoms with Gasteiger partial charge in [0, 0.05) is 44.6 Å². The average molecular weight is 357 g/mol. The van der Waals surface area contributed by atoms with E-state index in [1.807, 2.05) is 12.3 Å². The molecule has 5 rings (SSSR count). The first-order valence-corrected chi connectivity index (χ1v) is 9.52. The Labute approximate surface area is 159 Å². The minimum absolute atomic E-state index is 0.891. The van der Waals surface area contributed by atoms with Gasteiger partial charge in [-0.2, -0.15) is 0 Å². The Bertz CT molecular complexity index is 990. The first-order valence-electron chi connectivity index (χ1n) is 9.52. The van der Waals surface area contributed by atoms with Crippen LogP contribution in [0.15, 0.2) is 73.1 Å². The third-order valence-corrected chi connectivity index (χ3v) is 5.42. The highest BCUT2D eigenvalue weighted by atomic mass is 16.5. The molecule has 3 aromatic rings. The molecule has 0 radical (unpaired) electrons. The Morgan fingerprint density at radius 1 is 0.852 bits per heavy atom. The van der Waals surface area contributed by atoms with Gasteiger partial charge in [-0.3, -0.25) is 4.90 Å². The number of benzene rings is 3. The van der Waals surface area contributed by atoms with Crippen molar-refractivity contribution in [1.82, 2.24) is 4.90 Å². The van der Waals surface area contributed by atoms with Crippen molar-refractivity contribution in [2.45, 2.75) is 6.54 Å². The van der Waals surface area contributed by atoms with Gasteiger partial charge in [0.25, 0.3) is 0 Å². The lowest BCUT2D eigenvalue weighted by atomic mass is 10.1. The summed E-state index contributed by atoms with van der Waals surface area (Å²) in [6.45, 7) is 5.26. The second kappa shape index (κ2) is 6.97. The zero-order chi connectivity index (χ0) is 18.1. The van der Waals surface area contributed by atoms with Crippen molar-refractivity contribution >= 4 is 22.1 Å². The molecular weight excluding hydrogens is 334 g/mol. The summed E-state index contributed by atoms with van der Waals surface area (Å²) in [6, 6.07) is 21.8. The molecule has 0 aliphatic carbocycles. The minimum Gasteiger partial charge on any atom is -0.461 e. The van der Waals surface area contributed by atoms with Gasteiger partial charge in [0.2, 0.25) is 0 Å². The molecule has 0 unspecified atom stereocenters. The summed E-state index contributed by atoms with van der Waals surface area (Å²) < 4.78 is 5.50. The van der Waals surface area contributed by atoms with Crippen LogP contribution in [-0.4, -0.2) is 31.1 Å². The van der Waals surface area contributed by atoms with Crippen molar-refractivity contribution in [2.24, 2.45) is 0 Å². The van der Waals surface area contributed by atoms with Crippen LogP contribution in [-0.2, 0) is 6.54 Å². The second-order valence-electron chi connectivity index (χ2n) is 7.19. The van der Waals surface area contributed by atoms with Crippen LogP contribution in [0.4, 0.5) is 11.4 Å². The molecule has 4 heteroatoms. The van der Waals surface area contributed by atoms with E-state index < -0.39 is 0 Å². The normalized spacial score (nSPS) is 16.7. The first-order chi connectivity index (χ1) is 13.3. The fourth-order valence-electron chi connectivity index (χ4n) is 3.92. The predicted octanol–water partition coefficient (Wildman–Crippen LogP) is 4.44. The molecular formula is C23H23N3O. The lowest BCUT2D eigenvalue weighted by Gasteiger charge is -2.36. The summed E-state index contributed by atoms with van der Waals surface area (Å²) in [5.41, 5.74) is 3.69. The third-order valence-electron chi connectivity index (χ3n) is 5.42. The van der Waals surface area contributed by atoms with Crippen LogP contribution in [0.2, 0.25) is 0 Å². The Kier molecular flexibility index (Phi) is 4.18. The highest BCUT2D eigenvalue weighted by Gasteiger charge is 2.18. The van der Waals surface area contributed by atoms with Crippen LogP contribution in [0.3, 0.4) is 0 Å². The fraction of sp³-hybridized carbons (Fsp3) is 0.217. The fourth-order valence-corrected chi connectivity index (χ4v) is 3.92. The molecule has 2 aliphatic heterocycles. The Morgan fingerprint density at radius 2 is 1.70 bits per heavy atom. The van der Waals surface area contributed by atoms with E-state index in [-0.39, 0.29) is 0 Å². The van der Waals surface area contributed by atoms with E-state index in [9.17, 15) is 0 Å². The zero-order valence-electron chi connectivity index (χ0n) is 15.3. The van der Waals surface area contributed by atoms with E-state index >= 15 is 0 Å². The van der Waals surface area contributed by atoms with Gasteiger partial charge in [-0.1, -0.05) is 36.4 Å². The summed E-state index contributed by atoms with van der Waals surface area (Å²) in [5.74, 6) is 0.891.